The van der Waals surface area contributed by atoms with E-state index in [-0.39, 0.29) is 12.0 Å². The zero-order chi connectivity index (χ0) is 17.1. The first-order valence-corrected chi connectivity index (χ1v) is 8.92. The van der Waals surface area contributed by atoms with E-state index in [1.54, 1.807) is 0 Å². The molecular formula is C18H33NO4. The third kappa shape index (κ3) is 4.34. The minimum Gasteiger partial charge on any atom is -0.368 e. The summed E-state index contributed by atoms with van der Waals surface area (Å²) in [6.45, 7) is 11.8. The summed E-state index contributed by atoms with van der Waals surface area (Å²) in [5.74, 6) is -0.491. The Balaban J connectivity index is 1.93. The zero-order valence-electron chi connectivity index (χ0n) is 15.0. The fourth-order valence-corrected chi connectivity index (χ4v) is 3.49. The Morgan fingerprint density at radius 1 is 1.35 bits per heavy atom. The van der Waals surface area contributed by atoms with Crippen molar-refractivity contribution < 1.29 is 19.7 Å². The standard InChI is InChI=1S/C18H33NO4/c1-5-11-19(6-2)12-15-13-22-18(23-15)9-7-14(8-10-18)17(3,4)16(20)21/h7,9,14-16,20-21H,5-6,8,10-13H2,1-4H3. The monoisotopic (exact) mass is 327 g/mol. The molecule has 0 radical (unpaired) electrons. The highest BCUT2D eigenvalue weighted by Crippen LogP contribution is 2.42. The molecule has 1 aliphatic carbocycles. The summed E-state index contributed by atoms with van der Waals surface area (Å²) >= 11 is 0. The average molecular weight is 327 g/mol. The van der Waals surface area contributed by atoms with E-state index in [0.717, 1.165) is 38.9 Å². The van der Waals surface area contributed by atoms with Gasteiger partial charge < -0.3 is 24.6 Å². The maximum atomic E-state index is 9.56. The van der Waals surface area contributed by atoms with Gasteiger partial charge in [-0.3, -0.25) is 0 Å². The first-order chi connectivity index (χ1) is 10.8. The number of nitrogens with zero attached hydrogens (tertiary/aromatic N) is 1. The van der Waals surface area contributed by atoms with E-state index in [2.05, 4.69) is 18.7 Å². The van der Waals surface area contributed by atoms with Crippen molar-refractivity contribution in [2.45, 2.75) is 65.1 Å². The molecule has 3 unspecified atom stereocenters. The molecule has 2 aliphatic rings. The number of aliphatic hydroxyl groups excluding tert-OH is 1. The van der Waals surface area contributed by atoms with E-state index in [9.17, 15) is 10.2 Å². The van der Waals surface area contributed by atoms with Crippen LogP contribution < -0.4 is 0 Å². The van der Waals surface area contributed by atoms with Crippen LogP contribution >= 0.6 is 0 Å². The molecule has 0 amide bonds. The summed E-state index contributed by atoms with van der Waals surface area (Å²) in [5, 5.41) is 19.1. The van der Waals surface area contributed by atoms with Crippen molar-refractivity contribution >= 4 is 0 Å². The Morgan fingerprint density at radius 3 is 2.61 bits per heavy atom. The lowest BCUT2D eigenvalue weighted by Gasteiger charge is -2.39. The Labute approximate surface area is 140 Å². The largest absolute Gasteiger partial charge is 0.368 e. The molecule has 0 saturated carbocycles. The molecular weight excluding hydrogens is 294 g/mol. The van der Waals surface area contributed by atoms with Crippen molar-refractivity contribution in [1.29, 1.82) is 0 Å². The molecule has 2 N–H and O–H groups in total. The minimum atomic E-state index is -1.32. The van der Waals surface area contributed by atoms with Crippen molar-refractivity contribution in [2.75, 3.05) is 26.2 Å². The molecule has 5 nitrogen and oxygen atoms in total. The molecule has 1 saturated heterocycles. The molecule has 1 aliphatic heterocycles. The minimum absolute atomic E-state index is 0.110. The normalized spacial score (nSPS) is 31.7. The van der Waals surface area contributed by atoms with Crippen LogP contribution in [0.15, 0.2) is 12.2 Å². The van der Waals surface area contributed by atoms with Gasteiger partial charge in [-0.05, 0) is 37.9 Å². The lowest BCUT2D eigenvalue weighted by Crippen LogP contribution is -2.41. The molecule has 5 heteroatoms. The van der Waals surface area contributed by atoms with Gasteiger partial charge in [0.15, 0.2) is 12.1 Å². The van der Waals surface area contributed by atoms with Gasteiger partial charge in [0.2, 0.25) is 0 Å². The van der Waals surface area contributed by atoms with Crippen LogP contribution in [0.5, 0.6) is 0 Å². The number of allylic oxidation sites excluding steroid dienone is 1. The smallest absolute Gasteiger partial charge is 0.188 e. The number of hydrogen-bond acceptors (Lipinski definition) is 5. The van der Waals surface area contributed by atoms with Crippen LogP contribution in [-0.2, 0) is 9.47 Å². The Kier molecular flexibility index (Phi) is 6.25. The van der Waals surface area contributed by atoms with Crippen LogP contribution in [0.4, 0.5) is 0 Å². The van der Waals surface area contributed by atoms with Crippen molar-refractivity contribution in [2.24, 2.45) is 11.3 Å². The van der Waals surface area contributed by atoms with E-state index in [1.807, 2.05) is 26.0 Å². The van der Waals surface area contributed by atoms with E-state index < -0.39 is 17.5 Å². The molecule has 0 aromatic heterocycles. The highest BCUT2D eigenvalue weighted by atomic mass is 16.7. The van der Waals surface area contributed by atoms with Gasteiger partial charge in [-0.25, -0.2) is 0 Å². The molecule has 0 aromatic carbocycles. The van der Waals surface area contributed by atoms with Crippen LogP contribution in [0.3, 0.4) is 0 Å². The van der Waals surface area contributed by atoms with E-state index in [4.69, 9.17) is 9.47 Å². The maximum Gasteiger partial charge on any atom is 0.188 e. The van der Waals surface area contributed by atoms with Crippen LogP contribution in [-0.4, -0.2) is 59.5 Å². The molecule has 0 bridgehead atoms. The Bertz CT molecular complexity index is 410. The van der Waals surface area contributed by atoms with Crippen molar-refractivity contribution in [1.82, 2.24) is 4.90 Å². The van der Waals surface area contributed by atoms with Gasteiger partial charge in [-0.15, -0.1) is 0 Å². The topological polar surface area (TPSA) is 62.2 Å². The lowest BCUT2D eigenvalue weighted by molar-refractivity contribution is -0.162. The van der Waals surface area contributed by atoms with Gasteiger partial charge >= 0.3 is 0 Å². The Morgan fingerprint density at radius 2 is 2.09 bits per heavy atom. The summed E-state index contributed by atoms with van der Waals surface area (Å²) < 4.78 is 12.2. The van der Waals surface area contributed by atoms with Crippen molar-refractivity contribution in [3.8, 4) is 0 Å². The van der Waals surface area contributed by atoms with E-state index in [1.165, 1.54) is 0 Å². The first kappa shape index (κ1) is 18.9. The van der Waals surface area contributed by atoms with E-state index >= 15 is 0 Å². The van der Waals surface area contributed by atoms with Crippen LogP contribution in [0, 0.1) is 11.3 Å². The molecule has 1 spiro atoms. The number of ether oxygens (including phenoxy) is 2. The van der Waals surface area contributed by atoms with Gasteiger partial charge in [-0.1, -0.05) is 33.8 Å². The highest BCUT2D eigenvalue weighted by molar-refractivity contribution is 5.09. The highest BCUT2D eigenvalue weighted by Gasteiger charge is 2.45. The van der Waals surface area contributed by atoms with Gasteiger partial charge in [0.25, 0.3) is 0 Å². The number of rotatable bonds is 7. The molecule has 1 fully saturated rings. The van der Waals surface area contributed by atoms with Crippen LogP contribution in [0.1, 0.15) is 47.0 Å². The summed E-state index contributed by atoms with van der Waals surface area (Å²) in [6, 6.07) is 0. The Hall–Kier alpha value is -0.460. The van der Waals surface area contributed by atoms with Gasteiger partial charge in [0.05, 0.1) is 12.7 Å². The van der Waals surface area contributed by atoms with Gasteiger partial charge in [0.1, 0.15) is 0 Å². The van der Waals surface area contributed by atoms with Gasteiger partial charge in [-0.2, -0.15) is 0 Å². The zero-order valence-corrected chi connectivity index (χ0v) is 15.0. The summed E-state index contributed by atoms with van der Waals surface area (Å²) in [5.41, 5.74) is -0.559. The second kappa shape index (κ2) is 7.62. The third-order valence-electron chi connectivity index (χ3n) is 5.34. The molecule has 1 heterocycles. The molecule has 3 atom stereocenters. The predicted molar refractivity (Wildman–Crippen MR) is 89.8 cm³/mol. The molecule has 2 rings (SSSR count). The quantitative estimate of drug-likeness (QED) is 0.554. The second-order valence-corrected chi connectivity index (χ2v) is 7.46. The number of hydrogen-bond donors (Lipinski definition) is 2. The first-order valence-electron chi connectivity index (χ1n) is 8.92. The third-order valence-corrected chi connectivity index (χ3v) is 5.34. The number of likely N-dealkylation sites (N-methyl/N-ethyl adjacent to an activating group) is 1. The predicted octanol–water partition coefficient (Wildman–Crippen LogP) is 2.13. The summed E-state index contributed by atoms with van der Waals surface area (Å²) in [6.07, 6.45) is 5.56. The van der Waals surface area contributed by atoms with Crippen LogP contribution in [0.25, 0.3) is 0 Å². The fraction of sp³-hybridized carbons (Fsp3) is 0.889. The summed E-state index contributed by atoms with van der Waals surface area (Å²) in [4.78, 5) is 2.40. The molecule has 0 aromatic rings. The number of aliphatic hydroxyl groups is 2. The van der Waals surface area contributed by atoms with Crippen molar-refractivity contribution in [3.63, 3.8) is 0 Å². The van der Waals surface area contributed by atoms with E-state index in [0.29, 0.717) is 6.61 Å². The van der Waals surface area contributed by atoms with Gasteiger partial charge in [0, 0.05) is 18.4 Å². The van der Waals surface area contributed by atoms with Crippen LogP contribution in [0.2, 0.25) is 0 Å². The average Bonchev–Trinajstić information content (AvgIpc) is 2.89. The lowest BCUT2D eigenvalue weighted by atomic mass is 9.72. The summed E-state index contributed by atoms with van der Waals surface area (Å²) in [7, 11) is 0. The fourth-order valence-electron chi connectivity index (χ4n) is 3.49. The maximum absolute atomic E-state index is 9.56. The van der Waals surface area contributed by atoms with Crippen molar-refractivity contribution in [3.05, 3.63) is 12.2 Å². The SMILES string of the molecule is CCCN(CC)CC1COC2(C=CC(C(C)(C)C(O)O)CC2)O1. The second-order valence-electron chi connectivity index (χ2n) is 7.46. The molecule has 23 heavy (non-hydrogen) atoms. The molecule has 134 valence electrons.